The molecule has 0 aromatic rings. The highest BCUT2D eigenvalue weighted by atomic mass is 19.4. The summed E-state index contributed by atoms with van der Waals surface area (Å²) in [5, 5.41) is 11.0. The molecule has 0 spiro atoms. The number of aliphatic carboxylic acids is 1. The highest BCUT2D eigenvalue weighted by Gasteiger charge is 2.29. The molecule has 3 nitrogen and oxygen atoms in total. The summed E-state index contributed by atoms with van der Waals surface area (Å²) < 4.78 is 35.6. The van der Waals surface area contributed by atoms with Gasteiger partial charge in [0.05, 0.1) is 6.42 Å². The Morgan fingerprint density at radius 2 is 2.07 bits per heavy atom. The van der Waals surface area contributed by atoms with Crippen LogP contribution >= 0.6 is 0 Å². The number of alkyl halides is 3. The zero-order valence-corrected chi connectivity index (χ0v) is 8.56. The second-order valence-corrected chi connectivity index (χ2v) is 3.32. The van der Waals surface area contributed by atoms with Crippen molar-refractivity contribution in [3.8, 4) is 0 Å². The lowest BCUT2D eigenvalue weighted by molar-refractivity contribution is -0.139. The lowest BCUT2D eigenvalue weighted by Crippen LogP contribution is -2.31. The maximum Gasteiger partial charge on any atom is 0.390 e. The van der Waals surface area contributed by atoms with E-state index in [-0.39, 0.29) is 12.1 Å². The monoisotopic (exact) mass is 225 g/mol. The fourth-order valence-electron chi connectivity index (χ4n) is 0.920. The standard InChI is InChI=1S/C9H14F3NO2/c1-6(8(14)15)3-4-13-7(2)5-9(10,11)12/h3,7,13H,4-5H2,1-2H3,(H,14,15)/b6-3-. The van der Waals surface area contributed by atoms with Crippen molar-refractivity contribution >= 4 is 5.97 Å². The third kappa shape index (κ3) is 7.99. The molecule has 0 radical (unpaired) electrons. The van der Waals surface area contributed by atoms with Gasteiger partial charge in [0.1, 0.15) is 0 Å². The molecule has 0 rings (SSSR count). The second kappa shape index (κ2) is 5.75. The molecule has 6 heteroatoms. The van der Waals surface area contributed by atoms with Gasteiger partial charge in [0.25, 0.3) is 0 Å². The Morgan fingerprint density at radius 3 is 2.47 bits per heavy atom. The van der Waals surface area contributed by atoms with E-state index in [0.717, 1.165) is 0 Å². The van der Waals surface area contributed by atoms with Crippen LogP contribution in [0, 0.1) is 0 Å². The summed E-state index contributed by atoms with van der Waals surface area (Å²) in [6.07, 6.45) is -3.78. The highest BCUT2D eigenvalue weighted by Crippen LogP contribution is 2.21. The van der Waals surface area contributed by atoms with Crippen molar-refractivity contribution in [3.05, 3.63) is 11.6 Å². The summed E-state index contributed by atoms with van der Waals surface area (Å²) in [6, 6.07) is -0.720. The molecule has 0 saturated carbocycles. The van der Waals surface area contributed by atoms with E-state index < -0.39 is 24.6 Å². The maximum atomic E-state index is 11.9. The molecule has 88 valence electrons. The van der Waals surface area contributed by atoms with E-state index in [9.17, 15) is 18.0 Å². The first-order valence-electron chi connectivity index (χ1n) is 4.42. The molecule has 15 heavy (non-hydrogen) atoms. The molecule has 1 atom stereocenters. The average Bonchev–Trinajstić information content (AvgIpc) is 2.00. The average molecular weight is 225 g/mol. The van der Waals surface area contributed by atoms with Gasteiger partial charge in [-0.25, -0.2) is 4.79 Å². The lowest BCUT2D eigenvalue weighted by atomic mass is 10.2. The van der Waals surface area contributed by atoms with Crippen molar-refractivity contribution in [2.45, 2.75) is 32.5 Å². The third-order valence-electron chi connectivity index (χ3n) is 1.75. The van der Waals surface area contributed by atoms with E-state index >= 15 is 0 Å². The molecule has 0 aliphatic carbocycles. The van der Waals surface area contributed by atoms with Gasteiger partial charge in [-0.1, -0.05) is 6.08 Å². The minimum absolute atomic E-state index is 0.113. The van der Waals surface area contributed by atoms with Crippen molar-refractivity contribution in [1.82, 2.24) is 5.32 Å². The summed E-state index contributed by atoms with van der Waals surface area (Å²) in [5.41, 5.74) is 0.113. The molecule has 2 N–H and O–H groups in total. The van der Waals surface area contributed by atoms with Gasteiger partial charge in [-0.05, 0) is 13.8 Å². The van der Waals surface area contributed by atoms with Crippen LogP contribution in [-0.4, -0.2) is 29.8 Å². The van der Waals surface area contributed by atoms with Gasteiger partial charge < -0.3 is 10.4 Å². The molecule has 0 fully saturated rings. The van der Waals surface area contributed by atoms with Crippen LogP contribution in [0.25, 0.3) is 0 Å². The van der Waals surface area contributed by atoms with E-state index in [1.54, 1.807) is 0 Å². The predicted molar refractivity (Wildman–Crippen MR) is 49.5 cm³/mol. The van der Waals surface area contributed by atoms with E-state index in [1.807, 2.05) is 0 Å². The normalized spacial score (nSPS) is 15.1. The van der Waals surface area contributed by atoms with Gasteiger partial charge in [-0.3, -0.25) is 0 Å². The Labute approximate surface area is 86.0 Å². The molecular weight excluding hydrogens is 211 g/mol. The van der Waals surface area contributed by atoms with Crippen molar-refractivity contribution in [2.75, 3.05) is 6.54 Å². The first kappa shape index (κ1) is 14.0. The molecule has 0 aliphatic rings. The van der Waals surface area contributed by atoms with Gasteiger partial charge in [0, 0.05) is 18.2 Å². The van der Waals surface area contributed by atoms with Crippen molar-refractivity contribution in [2.24, 2.45) is 0 Å². The highest BCUT2D eigenvalue weighted by molar-refractivity contribution is 5.85. The number of nitrogens with one attached hydrogen (secondary N) is 1. The van der Waals surface area contributed by atoms with Crippen LogP contribution in [0.4, 0.5) is 13.2 Å². The van der Waals surface area contributed by atoms with Crippen LogP contribution in [0.3, 0.4) is 0 Å². The summed E-state index contributed by atoms with van der Waals surface area (Å²) in [5.74, 6) is -1.07. The fourth-order valence-corrected chi connectivity index (χ4v) is 0.920. The fraction of sp³-hybridized carbons (Fsp3) is 0.667. The SMILES string of the molecule is C/C(=C/CNC(C)CC(F)(F)F)C(=O)O. The van der Waals surface area contributed by atoms with Crippen molar-refractivity contribution in [1.29, 1.82) is 0 Å². The Balaban J connectivity index is 3.87. The van der Waals surface area contributed by atoms with Crippen LogP contribution in [0.2, 0.25) is 0 Å². The number of hydrogen-bond acceptors (Lipinski definition) is 2. The minimum atomic E-state index is -4.20. The number of hydrogen-bond donors (Lipinski definition) is 2. The van der Waals surface area contributed by atoms with Crippen LogP contribution in [0.15, 0.2) is 11.6 Å². The topological polar surface area (TPSA) is 49.3 Å². The number of carbonyl (C=O) groups is 1. The van der Waals surface area contributed by atoms with E-state index in [2.05, 4.69) is 5.32 Å². The molecule has 0 bridgehead atoms. The van der Waals surface area contributed by atoms with E-state index in [0.29, 0.717) is 0 Å². The number of carboxylic acid groups (broad SMARTS) is 1. The molecule has 0 heterocycles. The van der Waals surface area contributed by atoms with Crippen LogP contribution in [-0.2, 0) is 4.79 Å². The van der Waals surface area contributed by atoms with Gasteiger partial charge in [0.2, 0.25) is 0 Å². The smallest absolute Gasteiger partial charge is 0.390 e. The number of halogens is 3. The Kier molecular flexibility index (Phi) is 5.35. The zero-order chi connectivity index (χ0) is 12.1. The van der Waals surface area contributed by atoms with Gasteiger partial charge in [0.15, 0.2) is 0 Å². The van der Waals surface area contributed by atoms with Gasteiger partial charge >= 0.3 is 12.1 Å². The van der Waals surface area contributed by atoms with Crippen LogP contribution in [0.5, 0.6) is 0 Å². The molecule has 0 saturated heterocycles. The molecule has 1 unspecified atom stereocenters. The van der Waals surface area contributed by atoms with Gasteiger partial charge in [-0.2, -0.15) is 13.2 Å². The summed E-state index contributed by atoms with van der Waals surface area (Å²) in [6.45, 7) is 2.91. The number of carboxylic acids is 1. The summed E-state index contributed by atoms with van der Waals surface area (Å²) in [7, 11) is 0. The van der Waals surface area contributed by atoms with Gasteiger partial charge in [-0.15, -0.1) is 0 Å². The largest absolute Gasteiger partial charge is 0.478 e. The zero-order valence-electron chi connectivity index (χ0n) is 8.56. The first-order chi connectivity index (χ1) is 6.72. The van der Waals surface area contributed by atoms with Crippen molar-refractivity contribution < 1.29 is 23.1 Å². The molecule has 0 aliphatic heterocycles. The molecule has 0 amide bonds. The molecule has 0 aromatic carbocycles. The minimum Gasteiger partial charge on any atom is -0.478 e. The first-order valence-corrected chi connectivity index (χ1v) is 4.42. The van der Waals surface area contributed by atoms with Crippen molar-refractivity contribution in [3.63, 3.8) is 0 Å². The maximum absolute atomic E-state index is 11.9. The van der Waals surface area contributed by atoms with E-state index in [1.165, 1.54) is 19.9 Å². The van der Waals surface area contributed by atoms with E-state index in [4.69, 9.17) is 5.11 Å². The number of rotatable bonds is 5. The summed E-state index contributed by atoms with van der Waals surface area (Å²) >= 11 is 0. The van der Waals surface area contributed by atoms with Crippen LogP contribution in [0.1, 0.15) is 20.3 Å². The predicted octanol–water partition coefficient (Wildman–Crippen LogP) is 1.95. The Morgan fingerprint density at radius 1 is 1.53 bits per heavy atom. The Bertz CT molecular complexity index is 248. The Hall–Kier alpha value is -1.04. The molecular formula is C9H14F3NO2. The quantitative estimate of drug-likeness (QED) is 0.703. The van der Waals surface area contributed by atoms with Crippen LogP contribution < -0.4 is 5.32 Å². The third-order valence-corrected chi connectivity index (χ3v) is 1.75. The summed E-state index contributed by atoms with van der Waals surface area (Å²) in [4.78, 5) is 10.3. The lowest BCUT2D eigenvalue weighted by Gasteiger charge is -2.14. The second-order valence-electron chi connectivity index (χ2n) is 3.32. The molecule has 0 aromatic heterocycles.